The summed E-state index contributed by atoms with van der Waals surface area (Å²) < 4.78 is 68.3. The third-order valence-corrected chi connectivity index (χ3v) is 18.6. The summed E-state index contributed by atoms with van der Waals surface area (Å²) in [6.45, 7) is 14.1. The molecule has 0 amide bonds. The van der Waals surface area contributed by atoms with E-state index in [0.717, 1.165) is 108 Å². The van der Waals surface area contributed by atoms with Gasteiger partial charge in [-0.05, 0) is 49.4 Å². The molecule has 0 spiro atoms. The van der Waals surface area contributed by atoms with E-state index in [9.17, 15) is 43.2 Å². The lowest BCUT2D eigenvalue weighted by Gasteiger charge is -2.21. The summed E-state index contributed by atoms with van der Waals surface area (Å²) in [5, 5.41) is 10.6. The molecule has 17 nitrogen and oxygen atoms in total. The molecule has 90 heavy (non-hydrogen) atoms. The van der Waals surface area contributed by atoms with Crippen LogP contribution in [0.1, 0.15) is 351 Å². The Labute approximate surface area is 549 Å². The van der Waals surface area contributed by atoms with Crippen LogP contribution in [0, 0.1) is 23.7 Å². The molecule has 19 heteroatoms. The molecule has 0 fully saturated rings. The second-order valence-corrected chi connectivity index (χ2v) is 30.2. The highest BCUT2D eigenvalue weighted by atomic mass is 31.2. The second-order valence-electron chi connectivity index (χ2n) is 27.3. The molecular weight excluding hydrogens is 1190 g/mol. The zero-order valence-electron chi connectivity index (χ0n) is 58.8. The van der Waals surface area contributed by atoms with Crippen molar-refractivity contribution in [3.8, 4) is 0 Å². The molecule has 0 aromatic carbocycles. The molecule has 0 aliphatic carbocycles. The number of esters is 4. The molecule has 3 N–H and O–H groups in total. The molecule has 0 aliphatic rings. The van der Waals surface area contributed by atoms with Gasteiger partial charge in [0.1, 0.15) is 19.3 Å². The van der Waals surface area contributed by atoms with Crippen molar-refractivity contribution in [1.82, 2.24) is 0 Å². The molecule has 0 saturated heterocycles. The first-order valence-corrected chi connectivity index (χ1v) is 39.7. The molecule has 0 aliphatic heterocycles. The Kier molecular flexibility index (Phi) is 59.4. The number of carbonyl (C=O) groups excluding carboxylic acids is 4. The van der Waals surface area contributed by atoms with Crippen LogP contribution in [-0.2, 0) is 65.4 Å². The molecule has 0 rings (SSSR count). The number of phosphoric acid groups is 2. The number of ether oxygens (including phenoxy) is 4. The summed E-state index contributed by atoms with van der Waals surface area (Å²) in [6.07, 6.45) is 43.2. The van der Waals surface area contributed by atoms with Crippen LogP contribution in [0.15, 0.2) is 0 Å². The molecule has 0 aromatic heterocycles. The van der Waals surface area contributed by atoms with Gasteiger partial charge in [-0.25, -0.2) is 9.13 Å². The first-order chi connectivity index (χ1) is 43.1. The quantitative estimate of drug-likeness (QED) is 0.0222. The van der Waals surface area contributed by atoms with Crippen molar-refractivity contribution in [3.63, 3.8) is 0 Å². The van der Waals surface area contributed by atoms with Gasteiger partial charge in [0.25, 0.3) is 0 Å². The summed E-state index contributed by atoms with van der Waals surface area (Å²) in [5.74, 6) is 0.858. The fourth-order valence-electron chi connectivity index (χ4n) is 10.6. The maximum atomic E-state index is 13.0. The molecule has 4 unspecified atom stereocenters. The van der Waals surface area contributed by atoms with Crippen LogP contribution in [-0.4, -0.2) is 96.7 Å². The predicted octanol–water partition coefficient (Wildman–Crippen LogP) is 20.1. The molecule has 0 heterocycles. The average molecular weight is 1330 g/mol. The molecule has 0 radical (unpaired) electrons. The highest BCUT2D eigenvalue weighted by molar-refractivity contribution is 7.47. The molecule has 0 bridgehead atoms. The Bertz CT molecular complexity index is 1780. The van der Waals surface area contributed by atoms with Gasteiger partial charge in [0.05, 0.1) is 26.4 Å². The van der Waals surface area contributed by atoms with Crippen molar-refractivity contribution in [2.45, 2.75) is 369 Å². The second kappa shape index (κ2) is 60.7. The SMILES string of the molecule is CCC(C)CCCCCCCCCCCCCCCCC(=O)OC[C@H](COP(=O)(O)OCC(O)COP(=O)(O)OC[C@@H](COC(=O)CCCCCCCCCCC(C)C)OC(=O)CCCCCCCCCCC(C)C)OC(=O)CCCCCCCCCC(C)C. The third-order valence-electron chi connectivity index (χ3n) is 16.7. The van der Waals surface area contributed by atoms with Gasteiger partial charge in [-0.2, -0.15) is 0 Å². The monoisotopic (exact) mass is 1320 g/mol. The number of phosphoric ester groups is 2. The van der Waals surface area contributed by atoms with Gasteiger partial charge in [-0.15, -0.1) is 0 Å². The van der Waals surface area contributed by atoms with Crippen LogP contribution >= 0.6 is 15.6 Å². The van der Waals surface area contributed by atoms with Gasteiger partial charge < -0.3 is 33.8 Å². The maximum absolute atomic E-state index is 13.0. The predicted molar refractivity (Wildman–Crippen MR) is 363 cm³/mol. The minimum atomic E-state index is -4.95. The van der Waals surface area contributed by atoms with Crippen molar-refractivity contribution >= 4 is 39.5 Å². The summed E-state index contributed by atoms with van der Waals surface area (Å²) in [5.41, 5.74) is 0. The molecule has 534 valence electrons. The van der Waals surface area contributed by atoms with E-state index in [1.807, 2.05) is 0 Å². The third kappa shape index (κ3) is 63.5. The summed E-state index contributed by atoms with van der Waals surface area (Å²) in [4.78, 5) is 72.5. The van der Waals surface area contributed by atoms with Gasteiger partial charge in [0.2, 0.25) is 0 Å². The minimum absolute atomic E-state index is 0.103. The number of rotatable bonds is 68. The Morgan fingerprint density at radius 1 is 0.311 bits per heavy atom. The lowest BCUT2D eigenvalue weighted by molar-refractivity contribution is -0.161. The number of aliphatic hydroxyl groups excluding tert-OH is 1. The number of hydrogen-bond acceptors (Lipinski definition) is 15. The zero-order valence-corrected chi connectivity index (χ0v) is 60.6. The van der Waals surface area contributed by atoms with Crippen LogP contribution in [0.25, 0.3) is 0 Å². The van der Waals surface area contributed by atoms with Crippen molar-refractivity contribution in [1.29, 1.82) is 0 Å². The van der Waals surface area contributed by atoms with Gasteiger partial charge in [-0.1, -0.05) is 299 Å². The van der Waals surface area contributed by atoms with Gasteiger partial charge >= 0.3 is 39.5 Å². The first kappa shape index (κ1) is 88.1. The number of aliphatic hydroxyl groups is 1. The van der Waals surface area contributed by atoms with E-state index >= 15 is 0 Å². The van der Waals surface area contributed by atoms with Gasteiger partial charge in [0.15, 0.2) is 12.2 Å². The normalized spacial score (nSPS) is 14.6. The van der Waals surface area contributed by atoms with E-state index in [1.54, 1.807) is 0 Å². The van der Waals surface area contributed by atoms with E-state index < -0.39 is 97.5 Å². The van der Waals surface area contributed by atoms with Gasteiger partial charge in [-0.3, -0.25) is 37.3 Å². The van der Waals surface area contributed by atoms with Crippen LogP contribution in [0.4, 0.5) is 0 Å². The van der Waals surface area contributed by atoms with E-state index in [-0.39, 0.29) is 25.7 Å². The van der Waals surface area contributed by atoms with Crippen LogP contribution in [0.2, 0.25) is 0 Å². The summed E-state index contributed by atoms with van der Waals surface area (Å²) in [6, 6.07) is 0. The van der Waals surface area contributed by atoms with Gasteiger partial charge in [0, 0.05) is 25.7 Å². The number of unbranched alkanes of at least 4 members (excludes halogenated alkanes) is 33. The van der Waals surface area contributed by atoms with Crippen molar-refractivity contribution < 1.29 is 80.2 Å². The standard InChI is InChI=1S/C71H138O17P2/c1-9-64(8)50-42-34-26-16-14-12-10-11-13-15-17-27-35-43-51-68(73)81-58-67(88-71(76)54-46-38-30-22-25-33-41-49-63(6)7)60-86-90(79,80)84-56-65(72)55-83-89(77,78)85-59-66(87-70(75)53-45-37-29-21-19-24-32-40-48-62(4)5)57-82-69(74)52-44-36-28-20-18-23-31-39-47-61(2)3/h61-67,72H,9-60H2,1-8H3,(H,77,78)(H,79,80)/t64?,65?,66-,67-/m1/s1. The minimum Gasteiger partial charge on any atom is -0.462 e. The average Bonchev–Trinajstić information content (AvgIpc) is 2.84. The van der Waals surface area contributed by atoms with Crippen LogP contribution in [0.3, 0.4) is 0 Å². The Morgan fingerprint density at radius 3 is 0.789 bits per heavy atom. The molecular formula is C71H138O17P2. The van der Waals surface area contributed by atoms with E-state index in [1.165, 1.54) is 154 Å². The molecule has 6 atom stereocenters. The summed E-state index contributed by atoms with van der Waals surface area (Å²) in [7, 11) is -9.90. The Balaban J connectivity index is 5.19. The topological polar surface area (TPSA) is 237 Å². The molecule has 0 saturated carbocycles. The Hall–Kier alpha value is -1.94. The first-order valence-electron chi connectivity index (χ1n) is 36.7. The van der Waals surface area contributed by atoms with E-state index in [4.69, 9.17) is 37.0 Å². The van der Waals surface area contributed by atoms with Crippen molar-refractivity contribution in [3.05, 3.63) is 0 Å². The smallest absolute Gasteiger partial charge is 0.462 e. The zero-order chi connectivity index (χ0) is 66.8. The highest BCUT2D eigenvalue weighted by Gasteiger charge is 2.30. The fraction of sp³-hybridized carbons (Fsp3) is 0.944. The van der Waals surface area contributed by atoms with E-state index in [2.05, 4.69) is 55.4 Å². The lowest BCUT2D eigenvalue weighted by Crippen LogP contribution is -2.30. The Morgan fingerprint density at radius 2 is 0.533 bits per heavy atom. The van der Waals surface area contributed by atoms with Crippen LogP contribution < -0.4 is 0 Å². The fourth-order valence-corrected chi connectivity index (χ4v) is 12.2. The number of hydrogen-bond donors (Lipinski definition) is 3. The summed E-state index contributed by atoms with van der Waals surface area (Å²) >= 11 is 0. The highest BCUT2D eigenvalue weighted by Crippen LogP contribution is 2.45. The molecule has 0 aromatic rings. The van der Waals surface area contributed by atoms with Crippen molar-refractivity contribution in [2.75, 3.05) is 39.6 Å². The number of carbonyl (C=O) groups is 4. The lowest BCUT2D eigenvalue weighted by atomic mass is 9.99. The van der Waals surface area contributed by atoms with Crippen LogP contribution in [0.5, 0.6) is 0 Å². The largest absolute Gasteiger partial charge is 0.472 e. The van der Waals surface area contributed by atoms with E-state index in [0.29, 0.717) is 31.6 Å². The van der Waals surface area contributed by atoms with Crippen molar-refractivity contribution in [2.24, 2.45) is 23.7 Å². The maximum Gasteiger partial charge on any atom is 0.472 e.